The van der Waals surface area contributed by atoms with Gasteiger partial charge in [0.1, 0.15) is 10.6 Å². The lowest BCUT2D eigenvalue weighted by molar-refractivity contribution is -0.116. The zero-order valence-corrected chi connectivity index (χ0v) is 18.1. The van der Waals surface area contributed by atoms with Gasteiger partial charge in [-0.3, -0.25) is 4.79 Å². The lowest BCUT2D eigenvalue weighted by Gasteiger charge is -2.26. The Bertz CT molecular complexity index is 1030. The second kappa shape index (κ2) is 10.1. The number of halogens is 1. The summed E-state index contributed by atoms with van der Waals surface area (Å²) in [5.74, 6) is -0.0647. The molecule has 1 saturated heterocycles. The number of sulfonamides is 1. The molecular weight excluding hydrogens is 428 g/mol. The predicted octanol–water partition coefficient (Wildman–Crippen LogP) is 2.70. The fourth-order valence-electron chi connectivity index (χ4n) is 2.98. The molecule has 1 heterocycles. The molecule has 30 heavy (non-hydrogen) atoms. The molecular formula is C21H23ClN2O5S. The second-order valence-electron chi connectivity index (χ2n) is 6.57. The van der Waals surface area contributed by atoms with Crippen LogP contribution in [-0.2, 0) is 26.1 Å². The highest BCUT2D eigenvalue weighted by Gasteiger charge is 2.29. The molecule has 160 valence electrons. The van der Waals surface area contributed by atoms with Gasteiger partial charge < -0.3 is 14.8 Å². The summed E-state index contributed by atoms with van der Waals surface area (Å²) < 4.78 is 37.9. The van der Waals surface area contributed by atoms with Crippen molar-refractivity contribution in [1.29, 1.82) is 0 Å². The minimum absolute atomic E-state index is 0.0607. The Morgan fingerprint density at radius 3 is 2.67 bits per heavy atom. The van der Waals surface area contributed by atoms with Crippen LogP contribution in [0.2, 0.25) is 5.02 Å². The Labute approximate surface area is 181 Å². The first-order chi connectivity index (χ1) is 14.4. The minimum Gasteiger partial charge on any atom is -0.495 e. The lowest BCUT2D eigenvalue weighted by atomic mass is 10.2. The van der Waals surface area contributed by atoms with E-state index in [1.807, 2.05) is 18.2 Å². The number of nitrogens with one attached hydrogen (secondary N) is 1. The van der Waals surface area contributed by atoms with E-state index in [0.717, 1.165) is 5.56 Å². The van der Waals surface area contributed by atoms with Crippen LogP contribution in [0.4, 0.5) is 0 Å². The second-order valence-corrected chi connectivity index (χ2v) is 8.88. The quantitative estimate of drug-likeness (QED) is 0.655. The first kappa shape index (κ1) is 22.3. The summed E-state index contributed by atoms with van der Waals surface area (Å²) in [5, 5.41) is 3.33. The Balaban J connectivity index is 1.74. The highest BCUT2D eigenvalue weighted by atomic mass is 35.5. The molecule has 0 unspecified atom stereocenters. The van der Waals surface area contributed by atoms with Gasteiger partial charge in [-0.05, 0) is 35.4 Å². The summed E-state index contributed by atoms with van der Waals surface area (Å²) >= 11 is 6.08. The highest BCUT2D eigenvalue weighted by molar-refractivity contribution is 7.89. The molecule has 1 aliphatic heterocycles. The maximum absolute atomic E-state index is 13.0. The zero-order chi connectivity index (χ0) is 21.6. The average Bonchev–Trinajstić information content (AvgIpc) is 2.77. The number of rotatable bonds is 7. The van der Waals surface area contributed by atoms with E-state index in [1.54, 1.807) is 24.3 Å². The van der Waals surface area contributed by atoms with Crippen LogP contribution in [0.3, 0.4) is 0 Å². The van der Waals surface area contributed by atoms with E-state index in [9.17, 15) is 13.2 Å². The minimum atomic E-state index is -3.74. The topological polar surface area (TPSA) is 84.9 Å². The van der Waals surface area contributed by atoms with E-state index in [1.165, 1.54) is 23.6 Å². The van der Waals surface area contributed by atoms with E-state index in [0.29, 0.717) is 30.3 Å². The highest BCUT2D eigenvalue weighted by Crippen LogP contribution is 2.28. The molecule has 1 N–H and O–H groups in total. The van der Waals surface area contributed by atoms with E-state index in [-0.39, 0.29) is 29.6 Å². The lowest BCUT2D eigenvalue weighted by Crippen LogP contribution is -2.40. The SMILES string of the molecule is COc1ccc(C=CC(=O)NCc2ccccc2Cl)cc1S(=O)(=O)N1CCOCC1. The molecule has 2 aromatic carbocycles. The Hall–Kier alpha value is -2.39. The molecule has 1 amide bonds. The van der Waals surface area contributed by atoms with Gasteiger partial charge in [-0.1, -0.05) is 35.9 Å². The van der Waals surface area contributed by atoms with Crippen LogP contribution in [0.25, 0.3) is 6.08 Å². The molecule has 3 rings (SSSR count). The van der Waals surface area contributed by atoms with Crippen LogP contribution < -0.4 is 10.1 Å². The van der Waals surface area contributed by atoms with Crippen molar-refractivity contribution in [2.45, 2.75) is 11.4 Å². The number of ether oxygens (including phenoxy) is 2. The van der Waals surface area contributed by atoms with E-state index in [2.05, 4.69) is 5.32 Å². The maximum Gasteiger partial charge on any atom is 0.246 e. The van der Waals surface area contributed by atoms with Crippen LogP contribution in [0.1, 0.15) is 11.1 Å². The molecule has 9 heteroatoms. The van der Waals surface area contributed by atoms with Gasteiger partial charge in [0.15, 0.2) is 0 Å². The molecule has 0 radical (unpaired) electrons. The summed E-state index contributed by atoms with van der Waals surface area (Å²) in [6.45, 7) is 1.58. The zero-order valence-electron chi connectivity index (χ0n) is 16.5. The van der Waals surface area contributed by atoms with Gasteiger partial charge in [-0.15, -0.1) is 0 Å². The van der Waals surface area contributed by atoms with Gasteiger partial charge in [0.2, 0.25) is 15.9 Å². The average molecular weight is 451 g/mol. The van der Waals surface area contributed by atoms with Crippen molar-refractivity contribution in [3.05, 3.63) is 64.7 Å². The monoisotopic (exact) mass is 450 g/mol. The van der Waals surface area contributed by atoms with Crippen LogP contribution in [-0.4, -0.2) is 52.0 Å². The Kier molecular flexibility index (Phi) is 7.49. The number of methoxy groups -OCH3 is 1. The smallest absolute Gasteiger partial charge is 0.246 e. The summed E-state index contributed by atoms with van der Waals surface area (Å²) in [4.78, 5) is 12.2. The number of hydrogen-bond donors (Lipinski definition) is 1. The van der Waals surface area contributed by atoms with Gasteiger partial charge in [-0.25, -0.2) is 8.42 Å². The molecule has 0 spiro atoms. The van der Waals surface area contributed by atoms with Crippen LogP contribution >= 0.6 is 11.6 Å². The summed E-state index contributed by atoms with van der Waals surface area (Å²) in [7, 11) is -2.32. The number of benzene rings is 2. The number of morpholine rings is 1. The molecule has 0 atom stereocenters. The fraction of sp³-hybridized carbons (Fsp3) is 0.286. The van der Waals surface area contributed by atoms with Crippen LogP contribution in [0, 0.1) is 0 Å². The third-order valence-corrected chi connectivity index (χ3v) is 6.90. The van der Waals surface area contributed by atoms with Crippen molar-refractivity contribution in [3.8, 4) is 5.75 Å². The molecule has 0 saturated carbocycles. The Morgan fingerprint density at radius 1 is 1.23 bits per heavy atom. The van der Waals surface area contributed by atoms with E-state index in [4.69, 9.17) is 21.1 Å². The molecule has 1 fully saturated rings. The van der Waals surface area contributed by atoms with Gasteiger partial charge in [0.05, 0.1) is 20.3 Å². The van der Waals surface area contributed by atoms with Crippen molar-refractivity contribution in [3.63, 3.8) is 0 Å². The van der Waals surface area contributed by atoms with Gasteiger partial charge >= 0.3 is 0 Å². The maximum atomic E-state index is 13.0. The molecule has 0 bridgehead atoms. The Morgan fingerprint density at radius 2 is 1.97 bits per heavy atom. The molecule has 1 aliphatic rings. The summed E-state index contributed by atoms with van der Waals surface area (Å²) in [6.07, 6.45) is 2.91. The molecule has 2 aromatic rings. The van der Waals surface area contributed by atoms with E-state index >= 15 is 0 Å². The largest absolute Gasteiger partial charge is 0.495 e. The number of nitrogens with zero attached hydrogens (tertiary/aromatic N) is 1. The van der Waals surface area contributed by atoms with Crippen molar-refractivity contribution >= 4 is 33.6 Å². The van der Waals surface area contributed by atoms with Crippen LogP contribution in [0.5, 0.6) is 5.75 Å². The predicted molar refractivity (Wildman–Crippen MR) is 115 cm³/mol. The van der Waals surface area contributed by atoms with Gasteiger partial charge in [0, 0.05) is 30.7 Å². The summed E-state index contributed by atoms with van der Waals surface area (Å²) in [5.41, 5.74) is 1.37. The number of carbonyl (C=O) groups is 1. The summed E-state index contributed by atoms with van der Waals surface area (Å²) in [6, 6.07) is 12.0. The standard InChI is InChI=1S/C21H23ClN2O5S/c1-28-19-8-6-16(14-20(19)30(26,27)24-10-12-29-13-11-24)7-9-21(25)23-15-17-4-2-3-5-18(17)22/h2-9,14H,10-13,15H2,1H3,(H,23,25). The normalized spacial score (nSPS) is 15.3. The molecule has 0 aromatic heterocycles. The van der Waals surface area contributed by atoms with Crippen molar-refractivity contribution < 1.29 is 22.7 Å². The van der Waals surface area contributed by atoms with Crippen molar-refractivity contribution in [2.24, 2.45) is 0 Å². The first-order valence-electron chi connectivity index (χ1n) is 9.37. The number of amides is 1. The van der Waals surface area contributed by atoms with Crippen LogP contribution in [0.15, 0.2) is 53.4 Å². The van der Waals surface area contributed by atoms with Crippen molar-refractivity contribution in [1.82, 2.24) is 9.62 Å². The van der Waals surface area contributed by atoms with E-state index < -0.39 is 10.0 Å². The number of hydrogen-bond acceptors (Lipinski definition) is 5. The third-order valence-electron chi connectivity index (χ3n) is 4.61. The van der Waals surface area contributed by atoms with Crippen molar-refractivity contribution in [2.75, 3.05) is 33.4 Å². The number of carbonyl (C=O) groups excluding carboxylic acids is 1. The van der Waals surface area contributed by atoms with Gasteiger partial charge in [-0.2, -0.15) is 4.31 Å². The molecule has 0 aliphatic carbocycles. The fourth-order valence-corrected chi connectivity index (χ4v) is 4.78. The first-order valence-corrected chi connectivity index (χ1v) is 11.2. The van der Waals surface area contributed by atoms with Gasteiger partial charge in [0.25, 0.3) is 0 Å². The third kappa shape index (κ3) is 5.40. The molecule has 7 nitrogen and oxygen atoms in total.